The maximum absolute atomic E-state index is 2.63. The van der Waals surface area contributed by atoms with E-state index in [0.29, 0.717) is 0 Å². The van der Waals surface area contributed by atoms with E-state index < -0.39 is 0 Å². The molecule has 1 nitrogen and oxygen atoms in total. The fourth-order valence-corrected chi connectivity index (χ4v) is 2.90. The first-order chi connectivity index (χ1) is 6.13. The molecule has 13 heavy (non-hydrogen) atoms. The molecule has 0 saturated carbocycles. The van der Waals surface area contributed by atoms with Crippen LogP contribution in [0.1, 0.15) is 33.1 Å². The van der Waals surface area contributed by atoms with E-state index in [4.69, 9.17) is 0 Å². The smallest absolute Gasteiger partial charge is 0.0147 e. The number of likely N-dealkylation sites (tertiary alicyclic amines) is 1. The van der Waals surface area contributed by atoms with Gasteiger partial charge in [-0.25, -0.2) is 0 Å². The Kier molecular flexibility index (Phi) is 5.01. The van der Waals surface area contributed by atoms with E-state index in [9.17, 15) is 0 Å². The first-order valence-electron chi connectivity index (χ1n) is 5.46. The molecular formula is C11H22IN. The minimum absolute atomic E-state index is 0.880. The van der Waals surface area contributed by atoms with Crippen LogP contribution in [0.3, 0.4) is 0 Å². The highest BCUT2D eigenvalue weighted by atomic mass is 127. The van der Waals surface area contributed by atoms with Gasteiger partial charge in [-0.2, -0.15) is 0 Å². The van der Waals surface area contributed by atoms with Crippen molar-refractivity contribution in [2.45, 2.75) is 37.0 Å². The van der Waals surface area contributed by atoms with E-state index in [1.807, 2.05) is 0 Å². The Hall–Kier alpha value is 0.690. The highest BCUT2D eigenvalue weighted by molar-refractivity contribution is 14.1. The fraction of sp³-hybridized carbons (Fsp3) is 1.00. The van der Waals surface area contributed by atoms with Crippen LogP contribution >= 0.6 is 22.6 Å². The van der Waals surface area contributed by atoms with Gasteiger partial charge in [0.2, 0.25) is 0 Å². The average Bonchev–Trinajstić information content (AvgIpc) is 2.25. The summed E-state index contributed by atoms with van der Waals surface area (Å²) < 4.78 is 0.880. The zero-order valence-corrected chi connectivity index (χ0v) is 11.3. The summed E-state index contributed by atoms with van der Waals surface area (Å²) in [5, 5.41) is 0. The van der Waals surface area contributed by atoms with Gasteiger partial charge in [0.15, 0.2) is 0 Å². The molecule has 0 aromatic carbocycles. The van der Waals surface area contributed by atoms with Gasteiger partial charge in [0.25, 0.3) is 0 Å². The number of alkyl halides is 1. The quantitative estimate of drug-likeness (QED) is 0.558. The molecule has 1 aliphatic heterocycles. The number of rotatable bonds is 2. The Morgan fingerprint density at radius 1 is 1.38 bits per heavy atom. The van der Waals surface area contributed by atoms with E-state index >= 15 is 0 Å². The molecule has 2 unspecified atom stereocenters. The first-order valence-corrected chi connectivity index (χ1v) is 6.70. The molecule has 78 valence electrons. The minimum Gasteiger partial charge on any atom is -0.306 e. The Labute approximate surface area is 96.4 Å². The Morgan fingerprint density at radius 3 is 2.69 bits per heavy atom. The average molecular weight is 295 g/mol. The maximum atomic E-state index is 2.63. The summed E-state index contributed by atoms with van der Waals surface area (Å²) in [4.78, 5) is 2.52. The number of halogens is 1. The second kappa shape index (κ2) is 5.54. The van der Waals surface area contributed by atoms with E-state index in [1.54, 1.807) is 0 Å². The lowest BCUT2D eigenvalue weighted by Crippen LogP contribution is -2.29. The summed E-state index contributed by atoms with van der Waals surface area (Å²) in [5.74, 6) is 1.83. The van der Waals surface area contributed by atoms with E-state index in [0.717, 1.165) is 15.8 Å². The third-order valence-electron chi connectivity index (χ3n) is 3.10. The zero-order valence-electron chi connectivity index (χ0n) is 9.09. The van der Waals surface area contributed by atoms with Crippen molar-refractivity contribution in [1.82, 2.24) is 4.90 Å². The van der Waals surface area contributed by atoms with Crippen molar-refractivity contribution >= 4 is 22.6 Å². The lowest BCUT2D eigenvalue weighted by atomic mass is 9.96. The monoisotopic (exact) mass is 295 g/mol. The van der Waals surface area contributed by atoms with Crippen LogP contribution in [0.5, 0.6) is 0 Å². The second-order valence-corrected chi connectivity index (χ2v) is 6.19. The molecule has 1 saturated heterocycles. The van der Waals surface area contributed by atoms with Gasteiger partial charge >= 0.3 is 0 Å². The van der Waals surface area contributed by atoms with Crippen molar-refractivity contribution in [3.05, 3.63) is 0 Å². The maximum Gasteiger partial charge on any atom is 0.0147 e. The summed E-state index contributed by atoms with van der Waals surface area (Å²) in [6, 6.07) is 0. The third kappa shape index (κ3) is 3.74. The molecule has 1 fully saturated rings. The van der Waals surface area contributed by atoms with Crippen LogP contribution in [0.25, 0.3) is 0 Å². The number of nitrogens with zero attached hydrogens (tertiary/aromatic N) is 1. The highest BCUT2D eigenvalue weighted by Gasteiger charge is 2.23. The summed E-state index contributed by atoms with van der Waals surface area (Å²) in [5.41, 5.74) is 0. The molecule has 1 aliphatic rings. The predicted molar refractivity (Wildman–Crippen MR) is 67.5 cm³/mol. The second-order valence-electron chi connectivity index (χ2n) is 4.59. The minimum atomic E-state index is 0.880. The zero-order chi connectivity index (χ0) is 9.84. The van der Waals surface area contributed by atoms with Gasteiger partial charge in [-0.15, -0.1) is 0 Å². The third-order valence-corrected chi connectivity index (χ3v) is 5.00. The molecule has 0 amide bonds. The summed E-state index contributed by atoms with van der Waals surface area (Å²) >= 11 is 2.63. The van der Waals surface area contributed by atoms with Crippen molar-refractivity contribution in [2.24, 2.45) is 11.8 Å². The Bertz CT molecular complexity index is 149. The molecule has 0 bridgehead atoms. The van der Waals surface area contributed by atoms with Crippen molar-refractivity contribution in [1.29, 1.82) is 0 Å². The largest absolute Gasteiger partial charge is 0.306 e. The normalized spacial score (nSPS) is 34.2. The van der Waals surface area contributed by atoms with Crippen LogP contribution in [0, 0.1) is 11.8 Å². The molecule has 0 spiro atoms. The molecule has 0 aromatic heterocycles. The summed E-state index contributed by atoms with van der Waals surface area (Å²) in [6.07, 6.45) is 4.19. The summed E-state index contributed by atoms with van der Waals surface area (Å²) in [7, 11) is 2.27. The van der Waals surface area contributed by atoms with Gasteiger partial charge in [0, 0.05) is 17.0 Å². The van der Waals surface area contributed by atoms with Crippen molar-refractivity contribution in [2.75, 3.05) is 20.1 Å². The highest BCUT2D eigenvalue weighted by Crippen LogP contribution is 2.27. The van der Waals surface area contributed by atoms with Gasteiger partial charge in [-0.1, -0.05) is 36.4 Å². The van der Waals surface area contributed by atoms with Gasteiger partial charge in [-0.3, -0.25) is 0 Å². The molecule has 0 aliphatic carbocycles. The van der Waals surface area contributed by atoms with Gasteiger partial charge in [0.05, 0.1) is 0 Å². The van der Waals surface area contributed by atoms with Gasteiger partial charge in [0.1, 0.15) is 0 Å². The Morgan fingerprint density at radius 2 is 2.08 bits per heavy atom. The lowest BCUT2D eigenvalue weighted by molar-refractivity contribution is 0.279. The molecule has 2 heteroatoms. The van der Waals surface area contributed by atoms with Crippen LogP contribution in [0.4, 0.5) is 0 Å². The van der Waals surface area contributed by atoms with Crippen molar-refractivity contribution in [3.8, 4) is 0 Å². The molecule has 3 atom stereocenters. The van der Waals surface area contributed by atoms with Crippen molar-refractivity contribution < 1.29 is 0 Å². The number of hydrogen-bond donors (Lipinski definition) is 0. The lowest BCUT2D eigenvalue weighted by Gasteiger charge is -2.23. The summed E-state index contributed by atoms with van der Waals surface area (Å²) in [6.45, 7) is 7.30. The predicted octanol–water partition coefficient (Wildman–Crippen LogP) is 3.18. The van der Waals surface area contributed by atoms with Crippen LogP contribution in [-0.2, 0) is 0 Å². The first kappa shape index (κ1) is 11.8. The Balaban J connectivity index is 2.47. The molecule has 0 N–H and O–H groups in total. The molecule has 1 rings (SSSR count). The van der Waals surface area contributed by atoms with Crippen LogP contribution in [-0.4, -0.2) is 29.0 Å². The van der Waals surface area contributed by atoms with E-state index in [-0.39, 0.29) is 0 Å². The van der Waals surface area contributed by atoms with Crippen molar-refractivity contribution in [3.63, 3.8) is 0 Å². The standard InChI is InChI=1S/C11H22IN/c1-4-11(12)10-6-5-9(2)7-13(3)8-10/h9-11H,4-8H2,1-3H3/t9?,10-,11?/m1/s1. The number of hydrogen-bond acceptors (Lipinski definition) is 1. The molecule has 0 radical (unpaired) electrons. The van der Waals surface area contributed by atoms with Gasteiger partial charge in [-0.05, 0) is 38.1 Å². The van der Waals surface area contributed by atoms with Crippen LogP contribution in [0.2, 0.25) is 0 Å². The fourth-order valence-electron chi connectivity index (χ4n) is 2.32. The molecule has 1 heterocycles. The molecular weight excluding hydrogens is 273 g/mol. The molecule has 0 aromatic rings. The topological polar surface area (TPSA) is 3.24 Å². The SMILES string of the molecule is CCC(I)[C@@H]1CCC(C)CN(C)C1. The van der Waals surface area contributed by atoms with E-state index in [2.05, 4.69) is 48.4 Å². The van der Waals surface area contributed by atoms with Gasteiger partial charge < -0.3 is 4.90 Å². The van der Waals surface area contributed by atoms with Crippen LogP contribution in [0.15, 0.2) is 0 Å². The van der Waals surface area contributed by atoms with Crippen LogP contribution < -0.4 is 0 Å². The van der Waals surface area contributed by atoms with E-state index in [1.165, 1.54) is 32.4 Å².